The topological polar surface area (TPSA) is 75.8 Å². The summed E-state index contributed by atoms with van der Waals surface area (Å²) in [6.45, 7) is 0. The van der Waals surface area contributed by atoms with Gasteiger partial charge in [0.25, 0.3) is 0 Å². The van der Waals surface area contributed by atoms with Crippen LogP contribution in [0.25, 0.3) is 11.0 Å². The van der Waals surface area contributed by atoms with E-state index in [0.717, 1.165) is 11.9 Å². The molecule has 0 amide bonds. The molecule has 0 bridgehead atoms. The highest BCUT2D eigenvalue weighted by Gasteiger charge is 2.29. The molecule has 2 heterocycles. The number of halogens is 1. The lowest BCUT2D eigenvalue weighted by Gasteiger charge is -2.25. The monoisotopic (exact) mass is 323 g/mol. The van der Waals surface area contributed by atoms with E-state index in [0.29, 0.717) is 23.3 Å². The van der Waals surface area contributed by atoms with Crippen molar-refractivity contribution in [1.29, 1.82) is 5.26 Å². The van der Waals surface area contributed by atoms with Crippen molar-refractivity contribution in [3.63, 3.8) is 0 Å². The van der Waals surface area contributed by atoms with E-state index in [9.17, 15) is 13.7 Å². The van der Waals surface area contributed by atoms with E-state index < -0.39 is 9.84 Å². The standard InChI is InChI=1S/C14H14ClN3O2S/c15-7-13-17-14-10(8-16)3-1-5-12(14)18(13)11-4-2-6-21(19,20)9-11/h1,3,5,11H,2,4,6-7,9H2. The van der Waals surface area contributed by atoms with E-state index in [2.05, 4.69) is 11.1 Å². The van der Waals surface area contributed by atoms with Gasteiger partial charge in [-0.3, -0.25) is 0 Å². The number of rotatable bonds is 2. The van der Waals surface area contributed by atoms with E-state index in [-0.39, 0.29) is 23.4 Å². The second-order valence-electron chi connectivity index (χ2n) is 5.23. The molecule has 0 radical (unpaired) electrons. The fourth-order valence-corrected chi connectivity index (χ4v) is 4.82. The number of nitriles is 1. The van der Waals surface area contributed by atoms with Gasteiger partial charge in [0, 0.05) is 6.04 Å². The molecule has 21 heavy (non-hydrogen) atoms. The minimum atomic E-state index is -3.02. The highest BCUT2D eigenvalue weighted by Crippen LogP contribution is 2.30. The zero-order valence-corrected chi connectivity index (χ0v) is 12.9. The number of alkyl halides is 1. The maximum atomic E-state index is 11.9. The first kappa shape index (κ1) is 14.4. The minimum absolute atomic E-state index is 0.110. The SMILES string of the molecule is N#Cc1cccc2c1nc(CCl)n2C1CCCS(=O)(=O)C1. The van der Waals surface area contributed by atoms with Gasteiger partial charge in [0.05, 0.1) is 28.5 Å². The fourth-order valence-electron chi connectivity index (χ4n) is 2.96. The summed E-state index contributed by atoms with van der Waals surface area (Å²) in [5.74, 6) is 1.17. The number of imidazole rings is 1. The molecule has 0 aliphatic carbocycles. The molecule has 3 rings (SSSR count). The second-order valence-corrected chi connectivity index (χ2v) is 7.72. The first-order valence-electron chi connectivity index (χ1n) is 6.72. The van der Waals surface area contributed by atoms with Crippen molar-refractivity contribution in [2.24, 2.45) is 0 Å². The summed E-state index contributed by atoms with van der Waals surface area (Å²) >= 11 is 5.97. The van der Waals surface area contributed by atoms with Gasteiger partial charge in [-0.25, -0.2) is 13.4 Å². The molecule has 1 aliphatic rings. The van der Waals surface area contributed by atoms with E-state index >= 15 is 0 Å². The normalized spacial score (nSPS) is 21.2. The molecular formula is C14H14ClN3O2S. The molecule has 0 saturated carbocycles. The maximum absolute atomic E-state index is 11.9. The van der Waals surface area contributed by atoms with Crippen LogP contribution >= 0.6 is 11.6 Å². The summed E-state index contributed by atoms with van der Waals surface area (Å²) in [5.41, 5.74) is 1.86. The van der Waals surface area contributed by atoms with Crippen molar-refractivity contribution in [3.05, 3.63) is 29.6 Å². The van der Waals surface area contributed by atoms with Gasteiger partial charge in [0.2, 0.25) is 0 Å². The first-order valence-corrected chi connectivity index (χ1v) is 9.07. The maximum Gasteiger partial charge on any atom is 0.152 e. The summed E-state index contributed by atoms with van der Waals surface area (Å²) in [4.78, 5) is 4.44. The largest absolute Gasteiger partial charge is 0.323 e. The Hall–Kier alpha value is -1.58. The number of fused-ring (bicyclic) bond motifs is 1. The molecule has 110 valence electrons. The molecule has 1 saturated heterocycles. The molecule has 1 aromatic heterocycles. The van der Waals surface area contributed by atoms with Gasteiger partial charge in [-0.15, -0.1) is 11.6 Å². The second kappa shape index (κ2) is 5.32. The number of hydrogen-bond acceptors (Lipinski definition) is 4. The Labute approximate surface area is 128 Å². The van der Waals surface area contributed by atoms with Crippen LogP contribution in [0.3, 0.4) is 0 Å². The van der Waals surface area contributed by atoms with Crippen molar-refractivity contribution in [3.8, 4) is 6.07 Å². The Morgan fingerprint density at radius 2 is 2.29 bits per heavy atom. The van der Waals surface area contributed by atoms with Crippen molar-refractivity contribution in [2.45, 2.75) is 24.8 Å². The minimum Gasteiger partial charge on any atom is -0.323 e. The van der Waals surface area contributed by atoms with Gasteiger partial charge >= 0.3 is 0 Å². The van der Waals surface area contributed by atoms with Crippen LogP contribution in [0.5, 0.6) is 0 Å². The Kier molecular flexibility index (Phi) is 3.64. The molecule has 1 aromatic carbocycles. The van der Waals surface area contributed by atoms with Gasteiger partial charge in [0.15, 0.2) is 9.84 Å². The number of sulfone groups is 1. The smallest absolute Gasteiger partial charge is 0.152 e. The average molecular weight is 324 g/mol. The lowest BCUT2D eigenvalue weighted by molar-refractivity contribution is 0.471. The Bertz CT molecular complexity index is 836. The molecule has 1 atom stereocenters. The lowest BCUT2D eigenvalue weighted by atomic mass is 10.1. The number of benzene rings is 1. The van der Waals surface area contributed by atoms with Crippen LogP contribution in [0.15, 0.2) is 18.2 Å². The fraction of sp³-hybridized carbons (Fsp3) is 0.429. The number of hydrogen-bond donors (Lipinski definition) is 0. The van der Waals surface area contributed by atoms with E-state index in [1.165, 1.54) is 0 Å². The van der Waals surface area contributed by atoms with Crippen LogP contribution in [0.4, 0.5) is 0 Å². The molecular weight excluding hydrogens is 310 g/mol. The van der Waals surface area contributed by atoms with Crippen LogP contribution < -0.4 is 0 Å². The third-order valence-electron chi connectivity index (χ3n) is 3.84. The summed E-state index contributed by atoms with van der Waals surface area (Å²) in [6.07, 6.45) is 1.43. The van der Waals surface area contributed by atoms with Gasteiger partial charge in [0.1, 0.15) is 17.4 Å². The van der Waals surface area contributed by atoms with E-state index in [1.54, 1.807) is 12.1 Å². The molecule has 2 aromatic rings. The highest BCUT2D eigenvalue weighted by molar-refractivity contribution is 7.91. The summed E-state index contributed by atoms with van der Waals surface area (Å²) in [5, 5.41) is 9.17. The van der Waals surface area contributed by atoms with Gasteiger partial charge in [-0.05, 0) is 25.0 Å². The Balaban J connectivity index is 2.20. The quantitative estimate of drug-likeness (QED) is 0.795. The summed E-state index contributed by atoms with van der Waals surface area (Å²) in [6, 6.07) is 7.31. The average Bonchev–Trinajstić information content (AvgIpc) is 2.84. The molecule has 1 unspecified atom stereocenters. The molecule has 0 N–H and O–H groups in total. The van der Waals surface area contributed by atoms with Crippen LogP contribution in [-0.4, -0.2) is 29.5 Å². The first-order chi connectivity index (χ1) is 10.1. The third-order valence-corrected chi connectivity index (χ3v) is 5.88. The summed E-state index contributed by atoms with van der Waals surface area (Å²) < 4.78 is 25.7. The Morgan fingerprint density at radius 1 is 1.48 bits per heavy atom. The number of nitrogens with zero attached hydrogens (tertiary/aromatic N) is 3. The molecule has 7 heteroatoms. The van der Waals surface area contributed by atoms with Crippen LogP contribution in [-0.2, 0) is 15.7 Å². The van der Waals surface area contributed by atoms with Crippen LogP contribution in [0, 0.1) is 11.3 Å². The number of aromatic nitrogens is 2. The highest BCUT2D eigenvalue weighted by atomic mass is 35.5. The molecule has 0 spiro atoms. The summed E-state index contributed by atoms with van der Waals surface area (Å²) in [7, 11) is -3.02. The van der Waals surface area contributed by atoms with Crippen molar-refractivity contribution >= 4 is 32.5 Å². The Morgan fingerprint density at radius 3 is 2.95 bits per heavy atom. The van der Waals surface area contributed by atoms with E-state index in [1.807, 2.05) is 10.6 Å². The van der Waals surface area contributed by atoms with Crippen LogP contribution in [0.2, 0.25) is 0 Å². The third kappa shape index (κ3) is 2.52. The van der Waals surface area contributed by atoms with Gasteiger partial charge in [-0.1, -0.05) is 6.07 Å². The van der Waals surface area contributed by atoms with Crippen molar-refractivity contribution in [2.75, 3.05) is 11.5 Å². The lowest BCUT2D eigenvalue weighted by Crippen LogP contribution is -2.28. The van der Waals surface area contributed by atoms with Crippen molar-refractivity contribution < 1.29 is 8.42 Å². The number of para-hydroxylation sites is 1. The van der Waals surface area contributed by atoms with Gasteiger partial charge in [-0.2, -0.15) is 5.26 Å². The zero-order chi connectivity index (χ0) is 15.0. The predicted molar refractivity (Wildman–Crippen MR) is 80.9 cm³/mol. The van der Waals surface area contributed by atoms with E-state index in [4.69, 9.17) is 11.6 Å². The predicted octanol–water partition coefficient (Wildman–Crippen LogP) is 2.40. The van der Waals surface area contributed by atoms with Crippen LogP contribution in [0.1, 0.15) is 30.3 Å². The molecule has 1 fully saturated rings. The molecule has 5 nitrogen and oxygen atoms in total. The van der Waals surface area contributed by atoms with Gasteiger partial charge < -0.3 is 4.57 Å². The molecule has 1 aliphatic heterocycles. The zero-order valence-electron chi connectivity index (χ0n) is 11.3. The van der Waals surface area contributed by atoms with Crippen molar-refractivity contribution in [1.82, 2.24) is 9.55 Å².